The first kappa shape index (κ1) is 12.9. The van der Waals surface area contributed by atoms with Crippen molar-refractivity contribution in [1.29, 1.82) is 0 Å². The lowest BCUT2D eigenvalue weighted by atomic mass is 9.79. The van der Waals surface area contributed by atoms with E-state index in [1.54, 1.807) is 0 Å². The second-order valence-electron chi connectivity index (χ2n) is 4.85. The number of piperidine rings is 1. The molecule has 1 aromatic rings. The van der Waals surface area contributed by atoms with Gasteiger partial charge in [0, 0.05) is 23.9 Å². The summed E-state index contributed by atoms with van der Waals surface area (Å²) >= 11 is 1.52. The molecule has 0 atom stereocenters. The number of hydrogen-bond acceptors (Lipinski definition) is 4. The molecule has 1 saturated heterocycles. The van der Waals surface area contributed by atoms with Gasteiger partial charge >= 0.3 is 0 Å². The molecular weight excluding hydrogens is 250 g/mol. The van der Waals surface area contributed by atoms with Crippen LogP contribution in [0.1, 0.15) is 30.1 Å². The monoisotopic (exact) mass is 267 g/mol. The second-order valence-corrected chi connectivity index (χ2v) is 5.63. The maximum Gasteiger partial charge on any atom is 0.254 e. The zero-order valence-electron chi connectivity index (χ0n) is 10.3. The lowest BCUT2D eigenvalue weighted by molar-refractivity contribution is 0.0667. The van der Waals surface area contributed by atoms with Crippen molar-refractivity contribution in [3.05, 3.63) is 22.4 Å². The molecule has 3 N–H and O–H groups in total. The molecule has 1 aromatic heterocycles. The number of carbonyl (C=O) groups excluding carboxylic acids is 1. The fraction of sp³-hybridized carbons (Fsp3) is 0.500. The van der Waals surface area contributed by atoms with Crippen LogP contribution in [-0.4, -0.2) is 34.9 Å². The smallest absolute Gasteiger partial charge is 0.254 e. The summed E-state index contributed by atoms with van der Waals surface area (Å²) < 4.78 is 0. The Hall–Kier alpha value is -1.56. The minimum atomic E-state index is -0.305. The van der Waals surface area contributed by atoms with E-state index < -0.39 is 0 Å². The van der Waals surface area contributed by atoms with Crippen LogP contribution in [0.15, 0.2) is 22.0 Å². The summed E-state index contributed by atoms with van der Waals surface area (Å²) in [5.74, 6) is 0.322. The maximum absolute atomic E-state index is 12.1. The van der Waals surface area contributed by atoms with Crippen LogP contribution < -0.4 is 5.73 Å². The molecule has 0 aromatic carbocycles. The van der Waals surface area contributed by atoms with Crippen LogP contribution in [-0.2, 0) is 0 Å². The standard InChI is InChI=1S/C12H17N3O2S/c1-12(11(13)14-17)3-5-15(6-4-12)10(16)9-2-7-18-8-9/h2,7-8,17H,3-6H2,1H3,(H2,13,14). The lowest BCUT2D eigenvalue weighted by Crippen LogP contribution is -2.47. The van der Waals surface area contributed by atoms with Gasteiger partial charge in [0.15, 0.2) is 0 Å². The Labute approximate surface area is 110 Å². The molecule has 1 aliphatic heterocycles. The molecule has 5 nitrogen and oxygen atoms in total. The summed E-state index contributed by atoms with van der Waals surface area (Å²) in [6.07, 6.45) is 1.44. The molecule has 2 rings (SSSR count). The zero-order chi connectivity index (χ0) is 13.2. The Morgan fingerprint density at radius 2 is 2.22 bits per heavy atom. The Morgan fingerprint density at radius 3 is 2.72 bits per heavy atom. The predicted octanol–water partition coefficient (Wildman–Crippen LogP) is 1.74. The third-order valence-corrected chi connectivity index (χ3v) is 4.33. The van der Waals surface area contributed by atoms with E-state index in [4.69, 9.17) is 10.9 Å². The molecule has 0 aliphatic carbocycles. The third-order valence-electron chi connectivity index (χ3n) is 3.65. The van der Waals surface area contributed by atoms with E-state index in [0.29, 0.717) is 13.1 Å². The Balaban J connectivity index is 2.01. The summed E-state index contributed by atoms with van der Waals surface area (Å²) in [7, 11) is 0. The molecule has 1 aliphatic rings. The van der Waals surface area contributed by atoms with E-state index in [1.165, 1.54) is 11.3 Å². The van der Waals surface area contributed by atoms with E-state index in [0.717, 1.165) is 18.4 Å². The average Bonchev–Trinajstić information content (AvgIpc) is 2.91. The van der Waals surface area contributed by atoms with Crippen molar-refractivity contribution in [1.82, 2.24) is 4.90 Å². The molecule has 6 heteroatoms. The summed E-state index contributed by atoms with van der Waals surface area (Å²) in [4.78, 5) is 14.0. The molecule has 0 saturated carbocycles. The van der Waals surface area contributed by atoms with Crippen LogP contribution in [0.2, 0.25) is 0 Å². The minimum absolute atomic E-state index is 0.0674. The summed E-state index contributed by atoms with van der Waals surface area (Å²) in [6.45, 7) is 3.25. The van der Waals surface area contributed by atoms with Gasteiger partial charge in [-0.2, -0.15) is 11.3 Å². The van der Waals surface area contributed by atoms with Crippen molar-refractivity contribution in [2.24, 2.45) is 16.3 Å². The molecule has 18 heavy (non-hydrogen) atoms. The second kappa shape index (κ2) is 4.97. The van der Waals surface area contributed by atoms with E-state index in [1.807, 2.05) is 28.7 Å². The Morgan fingerprint density at radius 1 is 1.56 bits per heavy atom. The maximum atomic E-state index is 12.1. The first-order valence-electron chi connectivity index (χ1n) is 5.86. The fourth-order valence-electron chi connectivity index (χ4n) is 2.15. The number of amidine groups is 1. The number of oxime groups is 1. The molecular formula is C12H17N3O2S. The predicted molar refractivity (Wildman–Crippen MR) is 71.0 cm³/mol. The highest BCUT2D eigenvalue weighted by Crippen LogP contribution is 2.31. The van der Waals surface area contributed by atoms with Crippen molar-refractivity contribution in [2.45, 2.75) is 19.8 Å². The summed E-state index contributed by atoms with van der Waals surface area (Å²) in [6, 6.07) is 1.84. The normalized spacial score (nSPS) is 19.8. The SMILES string of the molecule is CC1(/C(N)=N/O)CCN(C(=O)c2ccsc2)CC1. The van der Waals surface area contributed by atoms with Crippen molar-refractivity contribution >= 4 is 23.1 Å². The van der Waals surface area contributed by atoms with Gasteiger partial charge in [0.2, 0.25) is 0 Å². The van der Waals surface area contributed by atoms with Gasteiger partial charge in [0.25, 0.3) is 5.91 Å². The van der Waals surface area contributed by atoms with E-state index in [9.17, 15) is 4.79 Å². The number of nitrogens with two attached hydrogens (primary N) is 1. The van der Waals surface area contributed by atoms with Crippen molar-refractivity contribution in [3.63, 3.8) is 0 Å². The van der Waals surface area contributed by atoms with Gasteiger partial charge in [-0.05, 0) is 24.3 Å². The van der Waals surface area contributed by atoms with E-state index in [-0.39, 0.29) is 17.2 Å². The first-order valence-corrected chi connectivity index (χ1v) is 6.80. The number of carbonyl (C=O) groups is 1. The molecule has 98 valence electrons. The van der Waals surface area contributed by atoms with Crippen LogP contribution in [0.4, 0.5) is 0 Å². The number of nitrogens with zero attached hydrogens (tertiary/aromatic N) is 2. The van der Waals surface area contributed by atoms with Crippen LogP contribution in [0.3, 0.4) is 0 Å². The van der Waals surface area contributed by atoms with Crippen molar-refractivity contribution in [3.8, 4) is 0 Å². The Bertz CT molecular complexity index is 448. The topological polar surface area (TPSA) is 78.9 Å². The van der Waals surface area contributed by atoms with Gasteiger partial charge in [-0.3, -0.25) is 4.79 Å². The minimum Gasteiger partial charge on any atom is -0.409 e. The lowest BCUT2D eigenvalue weighted by Gasteiger charge is -2.38. The average molecular weight is 267 g/mol. The molecule has 0 radical (unpaired) electrons. The number of amides is 1. The van der Waals surface area contributed by atoms with Gasteiger partial charge in [-0.25, -0.2) is 0 Å². The van der Waals surface area contributed by atoms with Gasteiger partial charge < -0.3 is 15.8 Å². The van der Waals surface area contributed by atoms with Crippen molar-refractivity contribution in [2.75, 3.05) is 13.1 Å². The summed E-state index contributed by atoms with van der Waals surface area (Å²) in [5.41, 5.74) is 6.13. The number of likely N-dealkylation sites (tertiary alicyclic amines) is 1. The van der Waals surface area contributed by atoms with Crippen LogP contribution >= 0.6 is 11.3 Å². The quantitative estimate of drug-likeness (QED) is 0.371. The largest absolute Gasteiger partial charge is 0.409 e. The van der Waals surface area contributed by atoms with E-state index >= 15 is 0 Å². The molecule has 0 spiro atoms. The number of hydrogen-bond donors (Lipinski definition) is 2. The molecule has 0 bridgehead atoms. The highest BCUT2D eigenvalue weighted by Gasteiger charge is 2.35. The molecule has 1 fully saturated rings. The molecule has 2 heterocycles. The van der Waals surface area contributed by atoms with Gasteiger partial charge in [0.1, 0.15) is 5.84 Å². The fourth-order valence-corrected chi connectivity index (χ4v) is 2.78. The highest BCUT2D eigenvalue weighted by molar-refractivity contribution is 7.08. The highest BCUT2D eigenvalue weighted by atomic mass is 32.1. The third kappa shape index (κ3) is 2.33. The van der Waals surface area contributed by atoms with Crippen LogP contribution in [0, 0.1) is 5.41 Å². The van der Waals surface area contributed by atoms with Gasteiger partial charge in [-0.1, -0.05) is 12.1 Å². The Kier molecular flexibility index (Phi) is 3.56. The summed E-state index contributed by atoms with van der Waals surface area (Å²) in [5, 5.41) is 15.6. The van der Waals surface area contributed by atoms with E-state index in [2.05, 4.69) is 5.16 Å². The molecule has 0 unspecified atom stereocenters. The van der Waals surface area contributed by atoms with Gasteiger partial charge in [-0.15, -0.1) is 0 Å². The molecule has 1 amide bonds. The zero-order valence-corrected chi connectivity index (χ0v) is 11.1. The number of rotatable bonds is 2. The van der Waals surface area contributed by atoms with Crippen molar-refractivity contribution < 1.29 is 10.0 Å². The van der Waals surface area contributed by atoms with Gasteiger partial charge in [0.05, 0.1) is 5.56 Å². The number of thiophene rings is 1. The van der Waals surface area contributed by atoms with Crippen LogP contribution in [0.5, 0.6) is 0 Å². The van der Waals surface area contributed by atoms with Crippen LogP contribution in [0.25, 0.3) is 0 Å². The first-order chi connectivity index (χ1) is 8.57.